The Labute approximate surface area is 198 Å². The van der Waals surface area contributed by atoms with E-state index in [-0.39, 0.29) is 0 Å². The summed E-state index contributed by atoms with van der Waals surface area (Å²) in [4.78, 5) is 9.92. The van der Waals surface area contributed by atoms with Gasteiger partial charge in [0.05, 0.1) is 0 Å². The van der Waals surface area contributed by atoms with Crippen molar-refractivity contribution >= 4 is 6.29 Å². The van der Waals surface area contributed by atoms with Crippen LogP contribution in [0.25, 0.3) is 0 Å². The zero-order chi connectivity index (χ0) is 25.2. The fourth-order valence-corrected chi connectivity index (χ4v) is 2.42. The summed E-state index contributed by atoms with van der Waals surface area (Å²) in [5.74, 6) is 1.55. The monoisotopic (exact) mass is 438 g/mol. The number of carbonyl (C=O) groups excluding carboxylic acids is 1. The lowest BCUT2D eigenvalue weighted by Gasteiger charge is -2.13. The lowest BCUT2D eigenvalue weighted by molar-refractivity contribution is -0.104. The second-order valence-electron chi connectivity index (χ2n) is 6.13. The third-order valence-corrected chi connectivity index (χ3v) is 4.10. The van der Waals surface area contributed by atoms with Crippen molar-refractivity contribution in [3.05, 3.63) is 103 Å². The van der Waals surface area contributed by atoms with Gasteiger partial charge in [-0.25, -0.2) is 0 Å². The number of hydrogen-bond donors (Lipinski definition) is 0. The number of rotatable bonds is 11. The Morgan fingerprint density at radius 1 is 1.00 bits per heavy atom. The van der Waals surface area contributed by atoms with Gasteiger partial charge in [-0.2, -0.15) is 0 Å². The average Bonchev–Trinajstić information content (AvgIpc) is 2.86. The highest BCUT2D eigenvalue weighted by molar-refractivity contribution is 5.76. The van der Waals surface area contributed by atoms with E-state index in [4.69, 9.17) is 4.74 Å². The van der Waals surface area contributed by atoms with Crippen LogP contribution in [0.1, 0.15) is 72.8 Å². The van der Waals surface area contributed by atoms with Gasteiger partial charge in [-0.05, 0) is 49.0 Å². The van der Waals surface area contributed by atoms with Crippen LogP contribution in [-0.4, -0.2) is 12.9 Å². The smallest absolute Gasteiger partial charge is 0.149 e. The maximum atomic E-state index is 9.92. The molecule has 0 aliphatic rings. The van der Waals surface area contributed by atoms with Crippen LogP contribution in [0.4, 0.5) is 0 Å². The summed E-state index contributed by atoms with van der Waals surface area (Å²) in [6.07, 6.45) is 15.7. The molecule has 0 fully saturated rings. The fraction of sp³-hybridized carbons (Fsp3) is 0.367. The van der Waals surface area contributed by atoms with Crippen molar-refractivity contribution in [1.29, 1.82) is 0 Å². The zero-order valence-corrected chi connectivity index (χ0v) is 21.6. The van der Waals surface area contributed by atoms with E-state index in [1.807, 2.05) is 65.0 Å². The normalized spacial score (nSPS) is 10.2. The number of carbonyl (C=O) groups is 1. The molecule has 0 spiro atoms. The van der Waals surface area contributed by atoms with Crippen LogP contribution in [0.2, 0.25) is 0 Å². The van der Waals surface area contributed by atoms with Crippen molar-refractivity contribution < 1.29 is 9.53 Å². The molecule has 1 aromatic rings. The van der Waals surface area contributed by atoms with Crippen LogP contribution in [0, 0.1) is 0 Å². The third kappa shape index (κ3) is 17.9. The van der Waals surface area contributed by atoms with Gasteiger partial charge < -0.3 is 4.74 Å². The lowest BCUT2D eigenvalue weighted by Crippen LogP contribution is -2.00. The van der Waals surface area contributed by atoms with E-state index in [0.29, 0.717) is 18.1 Å². The van der Waals surface area contributed by atoms with Gasteiger partial charge in [-0.15, -0.1) is 0 Å². The number of aldehydes is 1. The summed E-state index contributed by atoms with van der Waals surface area (Å²) in [6, 6.07) is 8.42. The molecule has 0 bridgehead atoms. The second kappa shape index (κ2) is 26.2. The molecule has 2 nitrogen and oxygen atoms in total. The molecular formula is C30H46O2. The first kappa shape index (κ1) is 33.8. The molecule has 32 heavy (non-hydrogen) atoms. The number of benzene rings is 1. The minimum Gasteiger partial charge on any atom is -0.489 e. The summed E-state index contributed by atoms with van der Waals surface area (Å²) in [6.45, 7) is 25.8. The predicted molar refractivity (Wildman–Crippen MR) is 146 cm³/mol. The lowest BCUT2D eigenvalue weighted by atomic mass is 9.94. The van der Waals surface area contributed by atoms with Gasteiger partial charge in [0.2, 0.25) is 0 Å². The van der Waals surface area contributed by atoms with E-state index in [9.17, 15) is 4.79 Å². The van der Waals surface area contributed by atoms with Crippen LogP contribution in [0.15, 0.2) is 97.7 Å². The van der Waals surface area contributed by atoms with E-state index in [2.05, 4.69) is 45.7 Å². The Kier molecular flexibility index (Phi) is 27.6. The highest BCUT2D eigenvalue weighted by atomic mass is 16.5. The van der Waals surface area contributed by atoms with Crippen LogP contribution in [-0.2, 0) is 4.79 Å². The Balaban J connectivity index is -0.000000544. The molecule has 0 radical (unpaired) electrons. The molecule has 1 rings (SSSR count). The molecule has 178 valence electrons. The quantitative estimate of drug-likeness (QED) is 0.195. The molecule has 0 atom stereocenters. The number of ether oxygens (including phenoxy) is 1. The minimum atomic E-state index is 0.494. The second-order valence-corrected chi connectivity index (χ2v) is 6.13. The van der Waals surface area contributed by atoms with Crippen LogP contribution < -0.4 is 4.74 Å². The SMILES string of the molecule is C=C(C=O)/C=C\C=C/C.C=C/C=C(\C=C)COc1ccc(C(CC)CC)cc1.CC.CC. The average molecular weight is 439 g/mol. The molecule has 0 saturated carbocycles. The molecule has 0 aliphatic heterocycles. The van der Waals surface area contributed by atoms with Crippen molar-refractivity contribution in [3.63, 3.8) is 0 Å². The summed E-state index contributed by atoms with van der Waals surface area (Å²) in [5, 5.41) is 0. The largest absolute Gasteiger partial charge is 0.489 e. The number of hydrogen-bond acceptors (Lipinski definition) is 2. The molecule has 0 N–H and O–H groups in total. The highest BCUT2D eigenvalue weighted by Crippen LogP contribution is 2.25. The molecule has 0 aromatic heterocycles. The fourth-order valence-electron chi connectivity index (χ4n) is 2.42. The van der Waals surface area contributed by atoms with E-state index in [0.717, 1.165) is 17.6 Å². The first-order valence-electron chi connectivity index (χ1n) is 11.7. The van der Waals surface area contributed by atoms with Gasteiger partial charge in [0.15, 0.2) is 0 Å². The van der Waals surface area contributed by atoms with Crippen molar-refractivity contribution in [2.24, 2.45) is 0 Å². The molecule has 2 heteroatoms. The minimum absolute atomic E-state index is 0.494. The predicted octanol–water partition coefficient (Wildman–Crippen LogP) is 9.19. The van der Waals surface area contributed by atoms with Gasteiger partial charge >= 0.3 is 0 Å². The van der Waals surface area contributed by atoms with E-state index in [1.54, 1.807) is 24.3 Å². The van der Waals surface area contributed by atoms with Gasteiger partial charge in [0.25, 0.3) is 0 Å². The summed E-state index contributed by atoms with van der Waals surface area (Å²) < 4.78 is 5.73. The molecule has 0 saturated heterocycles. The van der Waals surface area contributed by atoms with Crippen LogP contribution in [0.3, 0.4) is 0 Å². The molecule has 0 heterocycles. The first-order chi connectivity index (χ1) is 15.6. The first-order valence-corrected chi connectivity index (χ1v) is 11.7. The van der Waals surface area contributed by atoms with Gasteiger partial charge in [0, 0.05) is 5.57 Å². The number of allylic oxidation sites excluding steroid dienone is 7. The van der Waals surface area contributed by atoms with E-state index < -0.39 is 0 Å². The Morgan fingerprint density at radius 3 is 1.97 bits per heavy atom. The molecule has 0 amide bonds. The van der Waals surface area contributed by atoms with Crippen LogP contribution >= 0.6 is 0 Å². The molecule has 0 unspecified atom stereocenters. The molecule has 0 aliphatic carbocycles. The maximum absolute atomic E-state index is 9.92. The highest BCUT2D eigenvalue weighted by Gasteiger charge is 2.06. The Hall–Kier alpha value is -2.87. The van der Waals surface area contributed by atoms with Crippen molar-refractivity contribution in [3.8, 4) is 5.75 Å². The van der Waals surface area contributed by atoms with E-state index >= 15 is 0 Å². The van der Waals surface area contributed by atoms with Gasteiger partial charge in [-0.3, -0.25) is 4.79 Å². The standard InChI is InChI=1S/C18H24O.C8H10O.2C2H6/c1-5-9-15(6-2)14-19-18-12-10-17(11-13-18)16(7-3)8-4;1-3-4-5-6-8(2)7-9;2*1-2/h5-6,9-13,16H,1-2,7-8,14H2,3-4H3;3-7H,2H2,1H3;2*1-2H3/b15-9+;4-3-,6-5-;;. The molecule has 1 aromatic carbocycles. The summed E-state index contributed by atoms with van der Waals surface area (Å²) in [5.41, 5.74) is 2.91. The summed E-state index contributed by atoms with van der Waals surface area (Å²) >= 11 is 0. The van der Waals surface area contributed by atoms with Crippen LogP contribution in [0.5, 0.6) is 5.75 Å². The Bertz CT molecular complexity index is 684. The van der Waals surface area contributed by atoms with Crippen molar-refractivity contribution in [2.75, 3.05) is 6.61 Å². The maximum Gasteiger partial charge on any atom is 0.149 e. The zero-order valence-electron chi connectivity index (χ0n) is 21.6. The van der Waals surface area contributed by atoms with Crippen molar-refractivity contribution in [2.45, 2.75) is 67.2 Å². The molecular weight excluding hydrogens is 392 g/mol. The van der Waals surface area contributed by atoms with Gasteiger partial charge in [-0.1, -0.05) is 116 Å². The van der Waals surface area contributed by atoms with Crippen molar-refractivity contribution in [1.82, 2.24) is 0 Å². The third-order valence-electron chi connectivity index (χ3n) is 4.10. The topological polar surface area (TPSA) is 26.3 Å². The van der Waals surface area contributed by atoms with Gasteiger partial charge in [0.1, 0.15) is 18.6 Å². The van der Waals surface area contributed by atoms with E-state index in [1.165, 1.54) is 18.4 Å². The summed E-state index contributed by atoms with van der Waals surface area (Å²) in [7, 11) is 0. The Morgan fingerprint density at radius 2 is 1.56 bits per heavy atom.